The second-order valence-electron chi connectivity index (χ2n) is 7.88. The number of rotatable bonds is 7. The lowest BCUT2D eigenvalue weighted by molar-refractivity contribution is 0.102. The molecule has 1 aromatic heterocycles. The zero-order chi connectivity index (χ0) is 24.0. The minimum absolute atomic E-state index is 0.226. The third-order valence-corrected chi connectivity index (χ3v) is 5.46. The first kappa shape index (κ1) is 22.0. The molecular formula is C29H23N3O3. The van der Waals surface area contributed by atoms with Gasteiger partial charge in [0.05, 0.1) is 18.3 Å². The SMILES string of the molecule is COc1cccc(C(=O)Nc2cccc(Oc3ccc4c(/C=C/c5ccccc5)n[nH]c4c3)c2)c1. The van der Waals surface area contributed by atoms with Crippen LogP contribution in [-0.2, 0) is 0 Å². The maximum atomic E-state index is 12.6. The lowest BCUT2D eigenvalue weighted by atomic mass is 10.1. The number of aromatic nitrogens is 2. The van der Waals surface area contributed by atoms with E-state index in [0.29, 0.717) is 28.5 Å². The van der Waals surface area contributed by atoms with Crippen molar-refractivity contribution < 1.29 is 14.3 Å². The van der Waals surface area contributed by atoms with E-state index in [1.165, 1.54) is 0 Å². The summed E-state index contributed by atoms with van der Waals surface area (Å²) < 4.78 is 11.2. The summed E-state index contributed by atoms with van der Waals surface area (Å²) in [6.45, 7) is 0. The zero-order valence-electron chi connectivity index (χ0n) is 19.1. The molecule has 1 heterocycles. The number of H-pyrrole nitrogens is 1. The van der Waals surface area contributed by atoms with Gasteiger partial charge in [-0.05, 0) is 54.1 Å². The van der Waals surface area contributed by atoms with Crippen molar-refractivity contribution in [2.45, 2.75) is 0 Å². The molecular weight excluding hydrogens is 438 g/mol. The van der Waals surface area contributed by atoms with E-state index in [4.69, 9.17) is 9.47 Å². The van der Waals surface area contributed by atoms with Crippen LogP contribution in [0.3, 0.4) is 0 Å². The number of hydrogen-bond donors (Lipinski definition) is 2. The Labute approximate surface area is 202 Å². The van der Waals surface area contributed by atoms with Gasteiger partial charge in [-0.3, -0.25) is 9.89 Å². The van der Waals surface area contributed by atoms with Crippen molar-refractivity contribution in [3.63, 3.8) is 0 Å². The van der Waals surface area contributed by atoms with Gasteiger partial charge in [-0.1, -0.05) is 48.5 Å². The molecule has 0 aliphatic heterocycles. The van der Waals surface area contributed by atoms with E-state index >= 15 is 0 Å². The van der Waals surface area contributed by atoms with Gasteiger partial charge in [0.1, 0.15) is 17.2 Å². The van der Waals surface area contributed by atoms with Crippen LogP contribution in [-0.4, -0.2) is 23.2 Å². The molecule has 5 rings (SSSR count). The first-order valence-corrected chi connectivity index (χ1v) is 11.1. The summed E-state index contributed by atoms with van der Waals surface area (Å²) in [5, 5.41) is 11.4. The molecule has 6 heteroatoms. The van der Waals surface area contributed by atoms with Gasteiger partial charge in [0, 0.05) is 28.8 Å². The molecule has 172 valence electrons. The quantitative estimate of drug-likeness (QED) is 0.280. The topological polar surface area (TPSA) is 76.2 Å². The molecule has 0 atom stereocenters. The van der Waals surface area contributed by atoms with Gasteiger partial charge in [0.2, 0.25) is 0 Å². The lowest BCUT2D eigenvalue weighted by Crippen LogP contribution is -2.11. The van der Waals surface area contributed by atoms with E-state index in [0.717, 1.165) is 22.2 Å². The van der Waals surface area contributed by atoms with Gasteiger partial charge in [0.15, 0.2) is 0 Å². The standard InChI is InChI=1S/C29H23N3O3/c1-34-23-11-5-9-21(17-23)29(33)30-22-10-6-12-24(18-22)35-25-14-15-26-27(31-32-28(26)19-25)16-13-20-7-3-2-4-8-20/h2-19H,1H3,(H,30,33)(H,31,32)/b16-13+. The molecule has 5 aromatic rings. The Hall–Kier alpha value is -4.84. The van der Waals surface area contributed by atoms with Crippen molar-refractivity contribution >= 4 is 34.6 Å². The highest BCUT2D eigenvalue weighted by molar-refractivity contribution is 6.04. The number of fused-ring (bicyclic) bond motifs is 1. The molecule has 0 unspecified atom stereocenters. The molecule has 2 N–H and O–H groups in total. The second-order valence-corrected chi connectivity index (χ2v) is 7.88. The fourth-order valence-electron chi connectivity index (χ4n) is 3.69. The summed E-state index contributed by atoms with van der Waals surface area (Å²) >= 11 is 0. The largest absolute Gasteiger partial charge is 0.497 e. The smallest absolute Gasteiger partial charge is 0.255 e. The van der Waals surface area contributed by atoms with Crippen LogP contribution >= 0.6 is 0 Å². The van der Waals surface area contributed by atoms with Crippen LogP contribution in [0.4, 0.5) is 5.69 Å². The summed E-state index contributed by atoms with van der Waals surface area (Å²) in [6.07, 6.45) is 4.02. The highest BCUT2D eigenvalue weighted by Crippen LogP contribution is 2.28. The molecule has 0 saturated heterocycles. The number of nitrogens with zero attached hydrogens (tertiary/aromatic N) is 1. The van der Waals surface area contributed by atoms with Crippen molar-refractivity contribution in [1.82, 2.24) is 10.2 Å². The number of carbonyl (C=O) groups excluding carboxylic acids is 1. The van der Waals surface area contributed by atoms with E-state index in [-0.39, 0.29) is 5.91 Å². The molecule has 0 radical (unpaired) electrons. The fraction of sp³-hybridized carbons (Fsp3) is 0.0345. The molecule has 0 fully saturated rings. The summed E-state index contributed by atoms with van der Waals surface area (Å²) in [5.74, 6) is 1.67. The number of benzene rings is 4. The van der Waals surface area contributed by atoms with Crippen LogP contribution in [0.1, 0.15) is 21.6 Å². The minimum atomic E-state index is -0.226. The third-order valence-electron chi connectivity index (χ3n) is 5.46. The Morgan fingerprint density at radius 3 is 2.49 bits per heavy atom. The molecule has 0 bridgehead atoms. The van der Waals surface area contributed by atoms with Crippen molar-refractivity contribution in [3.05, 3.63) is 114 Å². The van der Waals surface area contributed by atoms with Gasteiger partial charge in [-0.15, -0.1) is 0 Å². The van der Waals surface area contributed by atoms with Crippen LogP contribution in [0.5, 0.6) is 17.2 Å². The Balaban J connectivity index is 1.30. The molecule has 0 aliphatic carbocycles. The van der Waals surface area contributed by atoms with Crippen molar-refractivity contribution in [1.29, 1.82) is 0 Å². The summed E-state index contributed by atoms with van der Waals surface area (Å²) in [5.41, 5.74) is 3.99. The first-order chi connectivity index (χ1) is 17.2. The van der Waals surface area contributed by atoms with Crippen LogP contribution in [0.15, 0.2) is 97.1 Å². The van der Waals surface area contributed by atoms with Gasteiger partial charge in [-0.2, -0.15) is 5.10 Å². The monoisotopic (exact) mass is 461 g/mol. The summed E-state index contributed by atoms with van der Waals surface area (Å²) in [6, 6.07) is 30.2. The second kappa shape index (κ2) is 9.97. The Kier molecular flexibility index (Phi) is 6.26. The predicted octanol–water partition coefficient (Wildman–Crippen LogP) is 6.79. The van der Waals surface area contributed by atoms with Crippen LogP contribution in [0.25, 0.3) is 23.1 Å². The van der Waals surface area contributed by atoms with Gasteiger partial charge >= 0.3 is 0 Å². The van der Waals surface area contributed by atoms with Gasteiger partial charge in [-0.25, -0.2) is 0 Å². The molecule has 0 spiro atoms. The van der Waals surface area contributed by atoms with Crippen molar-refractivity contribution in [2.24, 2.45) is 0 Å². The maximum absolute atomic E-state index is 12.6. The Morgan fingerprint density at radius 1 is 0.829 bits per heavy atom. The lowest BCUT2D eigenvalue weighted by Gasteiger charge is -2.10. The zero-order valence-corrected chi connectivity index (χ0v) is 19.1. The molecule has 0 aliphatic rings. The molecule has 1 amide bonds. The van der Waals surface area contributed by atoms with Crippen LogP contribution < -0.4 is 14.8 Å². The molecule has 0 saturated carbocycles. The van der Waals surface area contributed by atoms with Gasteiger partial charge < -0.3 is 14.8 Å². The number of hydrogen-bond acceptors (Lipinski definition) is 4. The highest BCUT2D eigenvalue weighted by atomic mass is 16.5. The third kappa shape index (κ3) is 5.23. The number of anilines is 1. The summed E-state index contributed by atoms with van der Waals surface area (Å²) in [7, 11) is 1.57. The molecule has 6 nitrogen and oxygen atoms in total. The first-order valence-electron chi connectivity index (χ1n) is 11.1. The van der Waals surface area contributed by atoms with E-state index < -0.39 is 0 Å². The number of nitrogens with one attached hydrogen (secondary N) is 2. The number of aromatic amines is 1. The fourth-order valence-corrected chi connectivity index (χ4v) is 3.69. The normalized spacial score (nSPS) is 11.0. The van der Waals surface area contributed by atoms with E-state index in [1.807, 2.05) is 78.9 Å². The number of carbonyl (C=O) groups is 1. The molecule has 4 aromatic carbocycles. The average Bonchev–Trinajstić information content (AvgIpc) is 3.30. The Bertz CT molecular complexity index is 1510. The van der Waals surface area contributed by atoms with Gasteiger partial charge in [0.25, 0.3) is 5.91 Å². The average molecular weight is 462 g/mol. The van der Waals surface area contributed by atoms with Crippen LogP contribution in [0, 0.1) is 0 Å². The number of amides is 1. The highest BCUT2D eigenvalue weighted by Gasteiger charge is 2.09. The van der Waals surface area contributed by atoms with E-state index in [1.54, 1.807) is 37.4 Å². The minimum Gasteiger partial charge on any atom is -0.497 e. The van der Waals surface area contributed by atoms with E-state index in [9.17, 15) is 4.79 Å². The van der Waals surface area contributed by atoms with E-state index in [2.05, 4.69) is 15.5 Å². The molecule has 35 heavy (non-hydrogen) atoms. The number of ether oxygens (including phenoxy) is 2. The maximum Gasteiger partial charge on any atom is 0.255 e. The van der Waals surface area contributed by atoms with Crippen LogP contribution in [0.2, 0.25) is 0 Å². The number of methoxy groups -OCH3 is 1. The van der Waals surface area contributed by atoms with Crippen molar-refractivity contribution in [2.75, 3.05) is 12.4 Å². The van der Waals surface area contributed by atoms with Crippen molar-refractivity contribution in [3.8, 4) is 17.2 Å². The summed E-state index contributed by atoms with van der Waals surface area (Å²) in [4.78, 5) is 12.6. The Morgan fingerprint density at radius 2 is 1.63 bits per heavy atom. The predicted molar refractivity (Wildman–Crippen MR) is 139 cm³/mol.